The summed E-state index contributed by atoms with van der Waals surface area (Å²) >= 11 is 0. The highest BCUT2D eigenvalue weighted by molar-refractivity contribution is 7.92. The van der Waals surface area contributed by atoms with E-state index in [-0.39, 0.29) is 11.4 Å². The molecule has 0 amide bonds. The molecule has 0 atom stereocenters. The number of nitrogens with one attached hydrogen (secondary N) is 2. The van der Waals surface area contributed by atoms with Gasteiger partial charge in [0.15, 0.2) is 5.82 Å². The number of pyridine rings is 2. The fourth-order valence-corrected chi connectivity index (χ4v) is 4.20. The summed E-state index contributed by atoms with van der Waals surface area (Å²) in [5.74, 6) is -2.16. The van der Waals surface area contributed by atoms with Gasteiger partial charge in [-0.15, -0.1) is 0 Å². The first-order valence-corrected chi connectivity index (χ1v) is 12.2. The number of hydrogen-bond acceptors (Lipinski definition) is 6. The van der Waals surface area contributed by atoms with Crippen molar-refractivity contribution in [3.05, 3.63) is 77.1 Å². The second-order valence-electron chi connectivity index (χ2n) is 9.01. The number of benzene rings is 1. The molecule has 0 spiro atoms. The highest BCUT2D eigenvalue weighted by Gasteiger charge is 2.24. The maximum atomic E-state index is 14.8. The van der Waals surface area contributed by atoms with Crippen LogP contribution in [0.15, 0.2) is 53.6 Å². The van der Waals surface area contributed by atoms with Crippen LogP contribution in [-0.2, 0) is 23.1 Å². The molecule has 7 nitrogen and oxygen atoms in total. The van der Waals surface area contributed by atoms with Crippen LogP contribution in [0.4, 0.5) is 20.3 Å². The van der Waals surface area contributed by atoms with Crippen LogP contribution < -0.4 is 10.0 Å². The highest BCUT2D eigenvalue weighted by Crippen LogP contribution is 2.24. The first kappa shape index (κ1) is 25.5. The summed E-state index contributed by atoms with van der Waals surface area (Å²) in [6.45, 7) is 9.15. The van der Waals surface area contributed by atoms with E-state index in [1.54, 1.807) is 6.92 Å². The van der Waals surface area contributed by atoms with E-state index in [9.17, 15) is 17.2 Å². The summed E-state index contributed by atoms with van der Waals surface area (Å²) < 4.78 is 55.3. The fourth-order valence-electron chi connectivity index (χ4n) is 3.14. The van der Waals surface area contributed by atoms with Gasteiger partial charge < -0.3 is 5.32 Å². The number of aryl methyl sites for hydroxylation is 1. The maximum absolute atomic E-state index is 14.8. The van der Waals surface area contributed by atoms with Gasteiger partial charge in [0, 0.05) is 24.7 Å². The Bertz CT molecular complexity index is 1280. The molecule has 182 valence electrons. The second-order valence-corrected chi connectivity index (χ2v) is 10.6. The molecular weight excluding hydrogens is 460 g/mol. The number of rotatable bonds is 8. The van der Waals surface area contributed by atoms with Crippen molar-refractivity contribution in [3.63, 3.8) is 0 Å². The number of sulfonamides is 1. The van der Waals surface area contributed by atoms with E-state index in [4.69, 9.17) is 0 Å². The topological polar surface area (TPSA) is 87.2 Å². The Kier molecular flexibility index (Phi) is 7.52. The Labute approximate surface area is 199 Å². The number of halogens is 2. The quantitative estimate of drug-likeness (QED) is 0.446. The van der Waals surface area contributed by atoms with Crippen molar-refractivity contribution in [2.24, 2.45) is 0 Å². The van der Waals surface area contributed by atoms with Crippen LogP contribution in [-0.4, -0.2) is 35.9 Å². The summed E-state index contributed by atoms with van der Waals surface area (Å²) in [5.41, 5.74) is 2.84. The van der Waals surface area contributed by atoms with Crippen LogP contribution in [0, 0.1) is 18.7 Å². The molecule has 34 heavy (non-hydrogen) atoms. The molecule has 2 aromatic heterocycles. The van der Waals surface area contributed by atoms with E-state index >= 15 is 0 Å². The largest absolute Gasteiger partial charge is 0.379 e. The third-order valence-electron chi connectivity index (χ3n) is 5.48. The van der Waals surface area contributed by atoms with Gasteiger partial charge in [0.1, 0.15) is 5.82 Å². The fraction of sp³-hybridized carbons (Fsp3) is 0.333. The Hall–Kier alpha value is -3.11. The molecule has 2 heterocycles. The van der Waals surface area contributed by atoms with Crippen LogP contribution in [0.25, 0.3) is 0 Å². The zero-order valence-electron chi connectivity index (χ0n) is 19.9. The third-order valence-corrected chi connectivity index (χ3v) is 6.76. The van der Waals surface area contributed by atoms with Gasteiger partial charge in [0.05, 0.1) is 11.4 Å². The molecule has 0 saturated carbocycles. The summed E-state index contributed by atoms with van der Waals surface area (Å²) in [4.78, 5) is 9.63. The molecule has 0 saturated heterocycles. The summed E-state index contributed by atoms with van der Waals surface area (Å²) in [5, 5.41) is 2.38. The van der Waals surface area contributed by atoms with Crippen molar-refractivity contribution in [1.82, 2.24) is 14.9 Å². The second kappa shape index (κ2) is 10.0. The molecule has 1 aromatic carbocycles. The van der Waals surface area contributed by atoms with Crippen molar-refractivity contribution in [3.8, 4) is 0 Å². The lowest BCUT2D eigenvalue weighted by Gasteiger charge is -2.32. The minimum Gasteiger partial charge on any atom is -0.379 e. The van der Waals surface area contributed by atoms with Crippen LogP contribution in [0.2, 0.25) is 0 Å². The van der Waals surface area contributed by atoms with E-state index in [0.29, 0.717) is 17.9 Å². The maximum Gasteiger partial charge on any atom is 0.283 e. The average Bonchev–Trinajstić information content (AvgIpc) is 2.74. The zero-order valence-corrected chi connectivity index (χ0v) is 20.7. The Morgan fingerprint density at radius 3 is 2.32 bits per heavy atom. The van der Waals surface area contributed by atoms with Crippen molar-refractivity contribution in [1.29, 1.82) is 0 Å². The lowest BCUT2D eigenvalue weighted by molar-refractivity contribution is 0.167. The molecule has 0 fully saturated rings. The molecule has 10 heteroatoms. The van der Waals surface area contributed by atoms with Gasteiger partial charge in [-0.25, -0.2) is 14.4 Å². The first-order valence-electron chi connectivity index (χ1n) is 10.7. The molecule has 3 rings (SSSR count). The Morgan fingerprint density at radius 2 is 1.68 bits per heavy atom. The summed E-state index contributed by atoms with van der Waals surface area (Å²) in [6, 6.07) is 12.7. The van der Waals surface area contributed by atoms with Gasteiger partial charge >= 0.3 is 0 Å². The van der Waals surface area contributed by atoms with Crippen molar-refractivity contribution in [2.45, 2.75) is 51.3 Å². The van der Waals surface area contributed by atoms with Gasteiger partial charge in [0.2, 0.25) is 11.0 Å². The molecule has 2 N–H and O–H groups in total. The van der Waals surface area contributed by atoms with Crippen LogP contribution >= 0.6 is 0 Å². The van der Waals surface area contributed by atoms with Gasteiger partial charge in [0.25, 0.3) is 10.0 Å². The predicted molar refractivity (Wildman–Crippen MR) is 129 cm³/mol. The Balaban J connectivity index is 1.79. The highest BCUT2D eigenvalue weighted by atomic mass is 32.2. The van der Waals surface area contributed by atoms with Crippen molar-refractivity contribution < 1.29 is 17.2 Å². The summed E-state index contributed by atoms with van der Waals surface area (Å²) in [7, 11) is -2.34. The number of hydrogen-bond donors (Lipinski definition) is 2. The van der Waals surface area contributed by atoms with Crippen LogP contribution in [0.1, 0.15) is 37.6 Å². The normalized spacial score (nSPS) is 12.1. The molecule has 3 aromatic rings. The van der Waals surface area contributed by atoms with Crippen molar-refractivity contribution >= 4 is 21.5 Å². The van der Waals surface area contributed by atoms with E-state index in [1.165, 1.54) is 12.1 Å². The van der Waals surface area contributed by atoms with Gasteiger partial charge in [-0.1, -0.05) is 30.3 Å². The molecule has 0 aliphatic heterocycles. The third kappa shape index (κ3) is 6.27. The van der Waals surface area contributed by atoms with Gasteiger partial charge in [-0.05, 0) is 58.0 Å². The first-order chi connectivity index (χ1) is 15.9. The molecule has 0 radical (unpaired) electrons. The van der Waals surface area contributed by atoms with Crippen LogP contribution in [0.3, 0.4) is 0 Å². The molecule has 0 aliphatic carbocycles. The SMILES string of the molecule is Cc1nc(S(=O)(=O)Nc2cccc(F)n2)c(F)cc1NCc1ccccc1CN(C)C(C)(C)C. The number of anilines is 2. The van der Waals surface area contributed by atoms with E-state index in [0.717, 1.165) is 29.8 Å². The van der Waals surface area contributed by atoms with E-state index in [1.807, 2.05) is 24.3 Å². The van der Waals surface area contributed by atoms with Crippen molar-refractivity contribution in [2.75, 3.05) is 17.1 Å². The molecule has 0 unspecified atom stereocenters. The molecular formula is C24H29F2N5O2S. The predicted octanol–water partition coefficient (Wildman–Crippen LogP) is 4.71. The lowest BCUT2D eigenvalue weighted by Crippen LogP contribution is -2.37. The molecule has 0 aliphatic rings. The standard InChI is InChI=1S/C24H29F2N5O2S/c1-16-20(27-14-17-9-6-7-10-18(17)15-31(5)24(2,3)4)13-19(25)23(28-16)34(32,33)30-22-12-8-11-21(26)29-22/h6-13,27H,14-15H2,1-5H3,(H,29,30). The summed E-state index contributed by atoms with van der Waals surface area (Å²) in [6.07, 6.45) is 0. The number of nitrogens with zero attached hydrogens (tertiary/aromatic N) is 3. The smallest absolute Gasteiger partial charge is 0.283 e. The van der Waals surface area contributed by atoms with E-state index in [2.05, 4.69) is 52.7 Å². The monoisotopic (exact) mass is 489 g/mol. The van der Waals surface area contributed by atoms with Gasteiger partial charge in [-0.3, -0.25) is 9.62 Å². The minimum atomic E-state index is -4.40. The average molecular weight is 490 g/mol. The molecule has 0 bridgehead atoms. The number of aromatic nitrogens is 2. The Morgan fingerprint density at radius 1 is 1.00 bits per heavy atom. The van der Waals surface area contributed by atoms with Gasteiger partial charge in [-0.2, -0.15) is 12.8 Å². The minimum absolute atomic E-state index is 0.000569. The van der Waals surface area contributed by atoms with Crippen LogP contribution in [0.5, 0.6) is 0 Å². The lowest BCUT2D eigenvalue weighted by atomic mass is 10.0. The zero-order chi connectivity index (χ0) is 25.1. The van der Waals surface area contributed by atoms with E-state index < -0.39 is 26.8 Å².